The number of rotatable bonds is 5. The van der Waals surface area contributed by atoms with Gasteiger partial charge in [0.2, 0.25) is 5.95 Å². The highest BCUT2D eigenvalue weighted by molar-refractivity contribution is 7.99. The largest absolute Gasteiger partial charge is 0.368 e. The number of hydrogen-bond donors (Lipinski definition) is 3. The summed E-state index contributed by atoms with van der Waals surface area (Å²) in [6.45, 7) is 5.22. The topological polar surface area (TPSA) is 75.9 Å². The van der Waals surface area contributed by atoms with Gasteiger partial charge in [0.05, 0.1) is 5.39 Å². The van der Waals surface area contributed by atoms with E-state index in [1.165, 1.54) is 0 Å². The van der Waals surface area contributed by atoms with Gasteiger partial charge in [-0.15, -0.1) is 11.3 Å². The smallest absolute Gasteiger partial charge is 0.240 e. The molecule has 18 heavy (non-hydrogen) atoms. The molecule has 0 saturated carbocycles. The Balaban J connectivity index is 2.28. The quantitative estimate of drug-likeness (QED) is 0.578. The molecule has 98 valence electrons. The monoisotopic (exact) mass is 283 g/mol. The molecule has 0 spiro atoms. The number of fused-ring (bicyclic) bond motifs is 1. The maximum atomic E-state index is 5.38. The first-order valence-corrected chi connectivity index (χ1v) is 7.67. The van der Waals surface area contributed by atoms with Crippen molar-refractivity contribution in [3.63, 3.8) is 0 Å². The number of nitrogen functional groups attached to an aromatic ring is 1. The number of thioether (sulfide) groups is 1. The van der Waals surface area contributed by atoms with E-state index in [0.29, 0.717) is 5.95 Å². The van der Waals surface area contributed by atoms with Crippen LogP contribution >= 0.6 is 23.1 Å². The number of nitrogens with zero attached hydrogens (tertiary/aromatic N) is 2. The van der Waals surface area contributed by atoms with E-state index >= 15 is 0 Å². The Morgan fingerprint density at radius 2 is 2.22 bits per heavy atom. The van der Waals surface area contributed by atoms with Gasteiger partial charge in [0, 0.05) is 11.3 Å². The van der Waals surface area contributed by atoms with Crippen molar-refractivity contribution >= 4 is 45.1 Å². The minimum atomic E-state index is 0.156. The van der Waals surface area contributed by atoms with Gasteiger partial charge in [-0.25, -0.2) is 10.8 Å². The van der Waals surface area contributed by atoms with E-state index in [2.05, 4.69) is 40.8 Å². The molecule has 5 nitrogen and oxygen atoms in total. The lowest BCUT2D eigenvalue weighted by Crippen LogP contribution is -2.26. The van der Waals surface area contributed by atoms with Crippen molar-refractivity contribution < 1.29 is 0 Å². The number of aromatic nitrogens is 2. The van der Waals surface area contributed by atoms with Crippen molar-refractivity contribution in [1.29, 1.82) is 0 Å². The fraction of sp³-hybridized carbons (Fsp3) is 0.455. The first-order valence-electron chi connectivity index (χ1n) is 5.56. The summed E-state index contributed by atoms with van der Waals surface area (Å²) in [6, 6.07) is 2.02. The molecule has 2 heterocycles. The molecule has 4 N–H and O–H groups in total. The molecule has 0 amide bonds. The molecule has 0 aliphatic heterocycles. The van der Waals surface area contributed by atoms with Gasteiger partial charge in [-0.05, 0) is 31.5 Å². The van der Waals surface area contributed by atoms with Crippen molar-refractivity contribution in [2.24, 2.45) is 5.84 Å². The third kappa shape index (κ3) is 2.85. The minimum absolute atomic E-state index is 0.156. The average Bonchev–Trinajstić information content (AvgIpc) is 2.84. The lowest BCUT2D eigenvalue weighted by atomic mass is 10.2. The minimum Gasteiger partial charge on any atom is -0.368 e. The number of hydrogen-bond acceptors (Lipinski definition) is 7. The molecule has 0 fully saturated rings. The van der Waals surface area contributed by atoms with Gasteiger partial charge in [0.1, 0.15) is 10.6 Å². The van der Waals surface area contributed by atoms with Gasteiger partial charge < -0.3 is 5.32 Å². The van der Waals surface area contributed by atoms with Crippen LogP contribution in [0.5, 0.6) is 0 Å². The van der Waals surface area contributed by atoms with Gasteiger partial charge in [0.15, 0.2) is 0 Å². The van der Waals surface area contributed by atoms with E-state index in [-0.39, 0.29) is 4.75 Å². The third-order valence-corrected chi connectivity index (χ3v) is 4.74. The van der Waals surface area contributed by atoms with E-state index in [4.69, 9.17) is 5.84 Å². The Bertz CT molecular complexity index is 537. The van der Waals surface area contributed by atoms with Crippen molar-refractivity contribution in [1.82, 2.24) is 9.97 Å². The van der Waals surface area contributed by atoms with E-state index < -0.39 is 0 Å². The summed E-state index contributed by atoms with van der Waals surface area (Å²) in [7, 11) is 0. The summed E-state index contributed by atoms with van der Waals surface area (Å²) in [6.07, 6.45) is 2.11. The summed E-state index contributed by atoms with van der Waals surface area (Å²) in [5, 5.41) is 6.42. The first kappa shape index (κ1) is 13.4. The second kappa shape index (κ2) is 5.29. The zero-order valence-electron chi connectivity index (χ0n) is 10.7. The highest BCUT2D eigenvalue weighted by Crippen LogP contribution is 2.28. The first-order chi connectivity index (χ1) is 8.55. The fourth-order valence-corrected chi connectivity index (χ4v) is 2.40. The average molecular weight is 283 g/mol. The zero-order chi connectivity index (χ0) is 13.2. The standard InChI is InChI=1S/C11H17N5S2/c1-11(2,17-3)6-13-8-7-4-5-18-9(7)15-10(14-8)16-12/h4-5H,6,12H2,1-3H3,(H2,13,14,15,16). The van der Waals surface area contributed by atoms with Crippen LogP contribution in [-0.4, -0.2) is 27.5 Å². The van der Waals surface area contributed by atoms with Crippen LogP contribution in [-0.2, 0) is 0 Å². The van der Waals surface area contributed by atoms with E-state index in [1.54, 1.807) is 11.3 Å². The second-order valence-electron chi connectivity index (χ2n) is 4.50. The van der Waals surface area contributed by atoms with Crippen molar-refractivity contribution in [2.45, 2.75) is 18.6 Å². The Kier molecular flexibility index (Phi) is 3.94. The van der Waals surface area contributed by atoms with Crippen molar-refractivity contribution in [3.05, 3.63) is 11.4 Å². The Morgan fingerprint density at radius 3 is 2.89 bits per heavy atom. The van der Waals surface area contributed by atoms with E-state index in [9.17, 15) is 0 Å². The summed E-state index contributed by atoms with van der Waals surface area (Å²) in [5.74, 6) is 6.65. The predicted molar refractivity (Wildman–Crippen MR) is 81.3 cm³/mol. The summed E-state index contributed by atoms with van der Waals surface area (Å²) in [5.41, 5.74) is 2.50. The highest BCUT2D eigenvalue weighted by atomic mass is 32.2. The summed E-state index contributed by atoms with van der Waals surface area (Å²) in [4.78, 5) is 9.61. The van der Waals surface area contributed by atoms with Crippen LogP contribution in [0.3, 0.4) is 0 Å². The molecule has 0 atom stereocenters. The summed E-state index contributed by atoms with van der Waals surface area (Å²) >= 11 is 3.40. The number of anilines is 2. The van der Waals surface area contributed by atoms with E-state index in [0.717, 1.165) is 22.6 Å². The molecule has 0 radical (unpaired) electrons. The Labute approximate surface area is 115 Å². The Morgan fingerprint density at radius 1 is 1.44 bits per heavy atom. The van der Waals surface area contributed by atoms with E-state index in [1.807, 2.05) is 23.2 Å². The number of nitrogens with one attached hydrogen (secondary N) is 2. The van der Waals surface area contributed by atoms with Crippen LogP contribution in [0.2, 0.25) is 0 Å². The molecular formula is C11H17N5S2. The van der Waals surface area contributed by atoms with Crippen LogP contribution < -0.4 is 16.6 Å². The van der Waals surface area contributed by atoms with Gasteiger partial charge in [-0.2, -0.15) is 16.7 Å². The maximum absolute atomic E-state index is 5.38. The molecular weight excluding hydrogens is 266 g/mol. The molecule has 0 aliphatic carbocycles. The molecule has 0 aromatic carbocycles. The second-order valence-corrected chi connectivity index (χ2v) is 6.90. The Hall–Kier alpha value is -1.05. The van der Waals surface area contributed by atoms with Gasteiger partial charge in [-0.3, -0.25) is 5.43 Å². The molecule has 2 aromatic heterocycles. The maximum Gasteiger partial charge on any atom is 0.240 e. The van der Waals surface area contributed by atoms with Crippen LogP contribution in [0, 0.1) is 0 Å². The third-order valence-electron chi connectivity index (χ3n) is 2.69. The number of hydrazine groups is 1. The normalized spacial score (nSPS) is 11.8. The predicted octanol–water partition coefficient (Wildman–Crippen LogP) is 2.53. The molecule has 2 aromatic rings. The lowest BCUT2D eigenvalue weighted by Gasteiger charge is -2.22. The van der Waals surface area contributed by atoms with Crippen LogP contribution in [0.1, 0.15) is 13.8 Å². The molecule has 0 unspecified atom stereocenters. The van der Waals surface area contributed by atoms with Crippen LogP contribution in [0.4, 0.5) is 11.8 Å². The zero-order valence-corrected chi connectivity index (χ0v) is 12.3. The van der Waals surface area contributed by atoms with Crippen LogP contribution in [0.25, 0.3) is 10.2 Å². The lowest BCUT2D eigenvalue weighted by molar-refractivity contribution is 0.751. The number of nitrogens with two attached hydrogens (primary N) is 1. The molecule has 0 aliphatic rings. The fourth-order valence-electron chi connectivity index (χ4n) is 1.42. The number of thiophene rings is 1. The molecule has 0 saturated heterocycles. The molecule has 2 rings (SSSR count). The van der Waals surface area contributed by atoms with Crippen molar-refractivity contribution in [2.75, 3.05) is 23.5 Å². The van der Waals surface area contributed by atoms with Crippen molar-refractivity contribution in [3.8, 4) is 0 Å². The van der Waals surface area contributed by atoms with Crippen LogP contribution in [0.15, 0.2) is 11.4 Å². The summed E-state index contributed by atoms with van der Waals surface area (Å²) < 4.78 is 0.156. The van der Waals surface area contributed by atoms with Gasteiger partial charge in [0.25, 0.3) is 0 Å². The SMILES string of the molecule is CSC(C)(C)CNc1nc(NN)nc2sccc12. The highest BCUT2D eigenvalue weighted by Gasteiger charge is 2.17. The molecule has 7 heteroatoms. The van der Waals surface area contributed by atoms with Gasteiger partial charge >= 0.3 is 0 Å². The van der Waals surface area contributed by atoms with Gasteiger partial charge in [-0.1, -0.05) is 0 Å². The molecule has 0 bridgehead atoms.